The summed E-state index contributed by atoms with van der Waals surface area (Å²) in [4.78, 5) is 9.05. The summed E-state index contributed by atoms with van der Waals surface area (Å²) in [6, 6.07) is 11.8. The highest BCUT2D eigenvalue weighted by molar-refractivity contribution is 7.99. The number of rotatable bonds is 15. The Kier molecular flexibility index (Phi) is 11.8. The molecule has 1 aliphatic rings. The summed E-state index contributed by atoms with van der Waals surface area (Å²) < 4.78 is 73.0. The Hall–Kier alpha value is -1.58. The van der Waals surface area contributed by atoms with E-state index in [0.29, 0.717) is 35.7 Å². The van der Waals surface area contributed by atoms with Crippen LogP contribution in [0.5, 0.6) is 5.75 Å². The largest absolute Gasteiger partial charge is 0.573 e. The van der Waals surface area contributed by atoms with E-state index in [0.717, 1.165) is 50.5 Å². The van der Waals surface area contributed by atoms with Crippen LogP contribution in [0.1, 0.15) is 62.5 Å². The Bertz CT molecular complexity index is 1020. The first-order valence-electron chi connectivity index (χ1n) is 12.5. The molecule has 206 valence electrons. The Labute approximate surface area is 220 Å². The lowest BCUT2D eigenvalue weighted by Crippen LogP contribution is -2.23. The van der Waals surface area contributed by atoms with Crippen LogP contribution in [0, 0.1) is 5.82 Å². The molecular formula is C26H34F4NO4PS. The third-order valence-corrected chi connectivity index (χ3v) is 8.19. The van der Waals surface area contributed by atoms with Crippen LogP contribution in [-0.4, -0.2) is 30.2 Å². The normalized spacial score (nSPS) is 16.1. The predicted octanol–water partition coefficient (Wildman–Crippen LogP) is 7.38. The van der Waals surface area contributed by atoms with Gasteiger partial charge in [-0.3, -0.25) is 4.57 Å². The molecule has 2 aromatic rings. The molecule has 0 bridgehead atoms. The molecule has 37 heavy (non-hydrogen) atoms. The molecule has 0 saturated heterocycles. The molecule has 0 heterocycles. The molecule has 0 spiro atoms. The molecular weight excluding hydrogens is 529 g/mol. The number of hydrogen-bond acceptors (Lipinski definition) is 5. The predicted molar refractivity (Wildman–Crippen MR) is 138 cm³/mol. The summed E-state index contributed by atoms with van der Waals surface area (Å²) in [5, 5.41) is 3.07. The summed E-state index contributed by atoms with van der Waals surface area (Å²) in [6.45, 7) is 0.932. The summed E-state index contributed by atoms with van der Waals surface area (Å²) in [5.74, 6) is 0.253. The summed E-state index contributed by atoms with van der Waals surface area (Å²) in [7, 11) is -2.95. The van der Waals surface area contributed by atoms with Crippen molar-refractivity contribution in [1.29, 1.82) is 0 Å². The fourth-order valence-corrected chi connectivity index (χ4v) is 6.21. The van der Waals surface area contributed by atoms with Crippen LogP contribution >= 0.6 is 20.0 Å². The van der Waals surface area contributed by atoms with E-state index in [2.05, 4.69) is 14.6 Å². The molecule has 0 aromatic heterocycles. The first-order chi connectivity index (χ1) is 17.7. The molecule has 11 heteroatoms. The average molecular weight is 564 g/mol. The third kappa shape index (κ3) is 9.91. The van der Waals surface area contributed by atoms with E-state index in [9.17, 15) is 22.1 Å². The lowest BCUT2D eigenvalue weighted by molar-refractivity contribution is -0.275. The molecule has 0 amide bonds. The second-order valence-corrected chi connectivity index (χ2v) is 11.2. The van der Waals surface area contributed by atoms with E-state index in [-0.39, 0.29) is 23.6 Å². The quantitative estimate of drug-likeness (QED) is 0.102. The topological polar surface area (TPSA) is 67.8 Å². The van der Waals surface area contributed by atoms with Gasteiger partial charge in [0.15, 0.2) is 0 Å². The lowest BCUT2D eigenvalue weighted by atomic mass is 9.75. The number of alkyl halides is 3. The third-order valence-electron chi connectivity index (χ3n) is 6.60. The standard InChI is InChI=1S/C26H34F4NO4PS/c27-22-9-2-1-8-21(22)25(12-3-4-13-25)14-5-6-17-37-24-11-10-20(18-23(24)35-26(28,29)30)19-31-15-7-16-34-36(32)33/h1-2,8-11,18,31,36H,3-7,12-17,19H2,(H,32,33). The Balaban J connectivity index is 1.52. The highest BCUT2D eigenvalue weighted by Gasteiger charge is 2.37. The summed E-state index contributed by atoms with van der Waals surface area (Å²) >= 11 is 1.33. The van der Waals surface area contributed by atoms with Crippen molar-refractivity contribution in [2.24, 2.45) is 0 Å². The van der Waals surface area contributed by atoms with Crippen LogP contribution in [0.3, 0.4) is 0 Å². The van der Waals surface area contributed by atoms with Gasteiger partial charge in [0, 0.05) is 11.4 Å². The van der Waals surface area contributed by atoms with Crippen molar-refractivity contribution in [3.8, 4) is 5.75 Å². The van der Waals surface area contributed by atoms with Crippen LogP contribution in [0.2, 0.25) is 0 Å². The van der Waals surface area contributed by atoms with Gasteiger partial charge in [-0.1, -0.05) is 43.5 Å². The zero-order valence-corrected chi connectivity index (χ0v) is 22.4. The molecule has 0 radical (unpaired) electrons. The fraction of sp³-hybridized carbons (Fsp3) is 0.538. The average Bonchev–Trinajstić information content (AvgIpc) is 3.31. The first-order valence-corrected chi connectivity index (χ1v) is 14.8. The van der Waals surface area contributed by atoms with Crippen molar-refractivity contribution in [3.63, 3.8) is 0 Å². The van der Waals surface area contributed by atoms with Crippen molar-refractivity contribution in [3.05, 3.63) is 59.4 Å². The highest BCUT2D eigenvalue weighted by atomic mass is 32.2. The molecule has 1 atom stereocenters. The van der Waals surface area contributed by atoms with Crippen molar-refractivity contribution in [2.45, 2.75) is 74.6 Å². The maximum absolute atomic E-state index is 14.5. The molecule has 1 saturated carbocycles. The first kappa shape index (κ1) is 30.0. The van der Waals surface area contributed by atoms with Gasteiger partial charge >= 0.3 is 14.6 Å². The number of thioether (sulfide) groups is 1. The number of ether oxygens (including phenoxy) is 1. The number of nitrogens with one attached hydrogen (secondary N) is 1. The van der Waals surface area contributed by atoms with Gasteiger partial charge in [0.25, 0.3) is 0 Å². The van der Waals surface area contributed by atoms with E-state index in [1.807, 2.05) is 12.1 Å². The van der Waals surface area contributed by atoms with Gasteiger partial charge in [0.2, 0.25) is 0 Å². The maximum Gasteiger partial charge on any atom is 0.573 e. The molecule has 5 nitrogen and oxygen atoms in total. The van der Waals surface area contributed by atoms with Gasteiger partial charge in [0.05, 0.1) is 6.61 Å². The minimum absolute atomic E-state index is 0.126. The SMILES string of the molecule is O=[PH](O)OCCCNCc1ccc(SCCCCC2(c3ccccc3F)CCCC2)c(OC(F)(F)F)c1. The zero-order chi connectivity index (χ0) is 26.7. The number of benzene rings is 2. The minimum atomic E-state index is -4.80. The highest BCUT2D eigenvalue weighted by Crippen LogP contribution is 2.46. The minimum Gasteiger partial charge on any atom is -0.405 e. The van der Waals surface area contributed by atoms with Gasteiger partial charge in [-0.05, 0) is 79.1 Å². The van der Waals surface area contributed by atoms with Crippen LogP contribution in [0.15, 0.2) is 47.4 Å². The van der Waals surface area contributed by atoms with Crippen LogP contribution in [0.4, 0.5) is 17.6 Å². The summed E-state index contributed by atoms with van der Waals surface area (Å²) in [6.07, 6.45) is 2.34. The summed E-state index contributed by atoms with van der Waals surface area (Å²) in [5.41, 5.74) is 1.28. The zero-order valence-electron chi connectivity index (χ0n) is 20.6. The Morgan fingerprint density at radius 3 is 2.54 bits per heavy atom. The smallest absolute Gasteiger partial charge is 0.405 e. The molecule has 2 aromatic carbocycles. The number of unbranched alkanes of at least 4 members (excludes halogenated alkanes) is 1. The van der Waals surface area contributed by atoms with E-state index in [1.165, 1.54) is 23.9 Å². The molecule has 2 N–H and O–H groups in total. The Morgan fingerprint density at radius 1 is 1.08 bits per heavy atom. The number of hydrogen-bond donors (Lipinski definition) is 2. The van der Waals surface area contributed by atoms with E-state index < -0.39 is 14.6 Å². The molecule has 1 unspecified atom stereocenters. The number of halogens is 4. The second kappa shape index (κ2) is 14.5. The van der Waals surface area contributed by atoms with Gasteiger partial charge in [-0.2, -0.15) is 0 Å². The van der Waals surface area contributed by atoms with Crippen molar-refractivity contribution in [1.82, 2.24) is 5.32 Å². The van der Waals surface area contributed by atoms with Crippen molar-refractivity contribution < 1.29 is 36.3 Å². The van der Waals surface area contributed by atoms with Crippen LogP contribution in [-0.2, 0) is 21.0 Å². The fourth-order valence-electron chi connectivity index (χ4n) is 4.92. The van der Waals surface area contributed by atoms with Crippen LogP contribution < -0.4 is 10.1 Å². The molecule has 3 rings (SSSR count). The van der Waals surface area contributed by atoms with Crippen LogP contribution in [0.25, 0.3) is 0 Å². The molecule has 0 aliphatic heterocycles. The van der Waals surface area contributed by atoms with E-state index in [4.69, 9.17) is 4.89 Å². The molecule has 1 aliphatic carbocycles. The van der Waals surface area contributed by atoms with Gasteiger partial charge in [-0.25, -0.2) is 4.39 Å². The van der Waals surface area contributed by atoms with Gasteiger partial charge < -0.3 is 19.5 Å². The maximum atomic E-state index is 14.5. The van der Waals surface area contributed by atoms with Gasteiger partial charge in [0.1, 0.15) is 11.6 Å². The van der Waals surface area contributed by atoms with E-state index in [1.54, 1.807) is 18.2 Å². The van der Waals surface area contributed by atoms with Gasteiger partial charge in [-0.15, -0.1) is 24.9 Å². The lowest BCUT2D eigenvalue weighted by Gasteiger charge is -2.30. The van der Waals surface area contributed by atoms with E-state index >= 15 is 0 Å². The second-order valence-electron chi connectivity index (χ2n) is 9.25. The van der Waals surface area contributed by atoms with Crippen molar-refractivity contribution >= 4 is 20.0 Å². The monoisotopic (exact) mass is 563 g/mol. The van der Waals surface area contributed by atoms with Crippen molar-refractivity contribution in [2.75, 3.05) is 18.9 Å². The Morgan fingerprint density at radius 2 is 1.84 bits per heavy atom. The molecule has 1 fully saturated rings.